The molecule has 0 unspecified atom stereocenters. The summed E-state index contributed by atoms with van der Waals surface area (Å²) in [4.78, 5) is 11.8. The molecular weight excluding hydrogens is 305 g/mol. The average Bonchev–Trinajstić information content (AvgIpc) is 2.48. The lowest BCUT2D eigenvalue weighted by atomic mass is 10.1. The van der Waals surface area contributed by atoms with Crippen LogP contribution < -0.4 is 5.32 Å². The number of carbonyl (C=O) groups is 1. The summed E-state index contributed by atoms with van der Waals surface area (Å²) in [6, 6.07) is 15.2. The molecule has 0 spiro atoms. The molecule has 0 radical (unpaired) electrons. The van der Waals surface area contributed by atoms with Gasteiger partial charge in [0.05, 0.1) is 6.42 Å². The Morgan fingerprint density at radius 1 is 0.905 bits per heavy atom. The molecule has 2 nitrogen and oxygen atoms in total. The van der Waals surface area contributed by atoms with Gasteiger partial charge in [-0.2, -0.15) is 0 Å². The molecule has 4 heteroatoms. The third-order valence-electron chi connectivity index (χ3n) is 3.21. The van der Waals surface area contributed by atoms with Crippen LogP contribution in [0.15, 0.2) is 48.5 Å². The van der Waals surface area contributed by atoms with Crippen LogP contribution in [0.25, 0.3) is 0 Å². The molecule has 21 heavy (non-hydrogen) atoms. The van der Waals surface area contributed by atoms with E-state index < -0.39 is 0 Å². The third-order valence-corrected chi connectivity index (χ3v) is 3.95. The molecule has 2 aromatic rings. The third kappa shape index (κ3) is 5.07. The number of rotatable bonds is 6. The maximum Gasteiger partial charge on any atom is 0.224 e. The highest BCUT2D eigenvalue weighted by molar-refractivity contribution is 6.31. The Balaban J connectivity index is 1.73. The van der Waals surface area contributed by atoms with Crippen LogP contribution in [-0.4, -0.2) is 12.5 Å². The summed E-state index contributed by atoms with van der Waals surface area (Å²) in [6.07, 6.45) is 2.02. The van der Waals surface area contributed by atoms with Crippen molar-refractivity contribution in [1.82, 2.24) is 5.32 Å². The fourth-order valence-corrected chi connectivity index (χ4v) is 2.52. The first-order valence-corrected chi connectivity index (χ1v) is 7.66. The van der Waals surface area contributed by atoms with Gasteiger partial charge in [0.2, 0.25) is 5.91 Å². The Kier molecular flexibility index (Phi) is 6.09. The van der Waals surface area contributed by atoms with E-state index in [9.17, 15) is 4.79 Å². The van der Waals surface area contributed by atoms with E-state index in [1.807, 2.05) is 42.5 Å². The smallest absolute Gasteiger partial charge is 0.224 e. The van der Waals surface area contributed by atoms with Gasteiger partial charge < -0.3 is 5.32 Å². The average molecular weight is 322 g/mol. The maximum atomic E-state index is 11.8. The Bertz CT molecular complexity index is 613. The van der Waals surface area contributed by atoms with Crippen molar-refractivity contribution >= 4 is 29.1 Å². The molecule has 110 valence electrons. The first kappa shape index (κ1) is 15.9. The lowest BCUT2D eigenvalue weighted by Crippen LogP contribution is -2.26. The van der Waals surface area contributed by atoms with Gasteiger partial charge in [-0.05, 0) is 36.1 Å². The van der Waals surface area contributed by atoms with E-state index in [1.165, 1.54) is 0 Å². The second-order valence-corrected chi connectivity index (χ2v) is 5.63. The van der Waals surface area contributed by atoms with Crippen molar-refractivity contribution in [3.8, 4) is 0 Å². The van der Waals surface area contributed by atoms with Crippen LogP contribution in [0.2, 0.25) is 10.0 Å². The van der Waals surface area contributed by atoms with Gasteiger partial charge in [0, 0.05) is 16.6 Å². The summed E-state index contributed by atoms with van der Waals surface area (Å²) < 4.78 is 0. The van der Waals surface area contributed by atoms with E-state index in [2.05, 4.69) is 5.32 Å². The van der Waals surface area contributed by atoms with Crippen LogP contribution in [0.5, 0.6) is 0 Å². The van der Waals surface area contributed by atoms with Gasteiger partial charge >= 0.3 is 0 Å². The number of nitrogens with one attached hydrogen (secondary N) is 1. The molecule has 0 aliphatic rings. The highest BCUT2D eigenvalue weighted by Gasteiger charge is 2.06. The topological polar surface area (TPSA) is 29.1 Å². The number of carbonyl (C=O) groups excluding carboxylic acids is 1. The number of benzene rings is 2. The van der Waals surface area contributed by atoms with Crippen molar-refractivity contribution in [3.05, 3.63) is 69.7 Å². The van der Waals surface area contributed by atoms with Crippen molar-refractivity contribution < 1.29 is 4.79 Å². The van der Waals surface area contributed by atoms with Crippen molar-refractivity contribution in [3.63, 3.8) is 0 Å². The molecule has 0 aliphatic heterocycles. The Hall–Kier alpha value is -1.51. The first-order chi connectivity index (χ1) is 10.2. The molecule has 0 fully saturated rings. The second-order valence-electron chi connectivity index (χ2n) is 4.81. The van der Waals surface area contributed by atoms with Crippen molar-refractivity contribution in [2.45, 2.75) is 19.3 Å². The fraction of sp³-hybridized carbons (Fsp3) is 0.235. The van der Waals surface area contributed by atoms with Crippen LogP contribution in [0.1, 0.15) is 17.5 Å². The quantitative estimate of drug-likeness (QED) is 0.790. The molecule has 0 heterocycles. The number of amides is 1. The summed E-state index contributed by atoms with van der Waals surface area (Å²) in [7, 11) is 0. The minimum Gasteiger partial charge on any atom is -0.356 e. The summed E-state index contributed by atoms with van der Waals surface area (Å²) in [5.41, 5.74) is 1.96. The van der Waals surface area contributed by atoms with Crippen LogP contribution >= 0.6 is 23.2 Å². The monoisotopic (exact) mass is 321 g/mol. The van der Waals surface area contributed by atoms with E-state index in [4.69, 9.17) is 23.2 Å². The number of hydrogen-bond donors (Lipinski definition) is 1. The number of hydrogen-bond acceptors (Lipinski definition) is 1. The largest absolute Gasteiger partial charge is 0.356 e. The lowest BCUT2D eigenvalue weighted by molar-refractivity contribution is -0.120. The minimum atomic E-state index is -0.0118. The first-order valence-electron chi connectivity index (χ1n) is 6.90. The molecular formula is C17H17Cl2NO. The van der Waals surface area contributed by atoms with E-state index >= 15 is 0 Å². The highest BCUT2D eigenvalue weighted by Crippen LogP contribution is 2.16. The molecule has 2 aromatic carbocycles. The highest BCUT2D eigenvalue weighted by atomic mass is 35.5. The zero-order valence-electron chi connectivity index (χ0n) is 11.6. The predicted molar refractivity (Wildman–Crippen MR) is 87.9 cm³/mol. The molecule has 0 bridgehead atoms. The molecule has 0 saturated carbocycles. The molecule has 0 aromatic heterocycles. The molecule has 1 N–H and O–H groups in total. The molecule has 0 atom stereocenters. The van der Waals surface area contributed by atoms with Gasteiger partial charge in [-0.3, -0.25) is 4.79 Å². The van der Waals surface area contributed by atoms with Gasteiger partial charge in [0.15, 0.2) is 0 Å². The fourth-order valence-electron chi connectivity index (χ4n) is 2.09. The normalized spacial score (nSPS) is 10.4. The van der Waals surface area contributed by atoms with E-state index in [0.717, 1.165) is 29.0 Å². The summed E-state index contributed by atoms with van der Waals surface area (Å²) in [5.74, 6) is -0.0118. The molecule has 0 saturated heterocycles. The summed E-state index contributed by atoms with van der Waals surface area (Å²) in [6.45, 7) is 0.633. The number of aryl methyl sites for hydroxylation is 1. The van der Waals surface area contributed by atoms with Crippen LogP contribution in [0.4, 0.5) is 0 Å². The minimum absolute atomic E-state index is 0.0118. The van der Waals surface area contributed by atoms with Crippen molar-refractivity contribution in [2.75, 3.05) is 6.54 Å². The van der Waals surface area contributed by atoms with Crippen LogP contribution in [0, 0.1) is 0 Å². The van der Waals surface area contributed by atoms with Crippen molar-refractivity contribution in [2.24, 2.45) is 0 Å². The summed E-state index contributed by atoms with van der Waals surface area (Å²) >= 11 is 12.1. The van der Waals surface area contributed by atoms with Crippen LogP contribution in [0.3, 0.4) is 0 Å². The molecule has 2 rings (SSSR count). The Morgan fingerprint density at radius 2 is 1.48 bits per heavy atom. The van der Waals surface area contributed by atoms with Gasteiger partial charge in [-0.1, -0.05) is 59.6 Å². The van der Waals surface area contributed by atoms with Gasteiger partial charge in [0.25, 0.3) is 0 Å². The maximum absolute atomic E-state index is 11.8. The second kappa shape index (κ2) is 8.06. The zero-order chi connectivity index (χ0) is 15.1. The Morgan fingerprint density at radius 3 is 2.10 bits per heavy atom. The molecule has 0 aliphatic carbocycles. The SMILES string of the molecule is O=C(Cc1ccccc1Cl)NCCCc1ccccc1Cl. The summed E-state index contributed by atoms with van der Waals surface area (Å²) in [5, 5.41) is 4.31. The van der Waals surface area contributed by atoms with Gasteiger partial charge in [-0.25, -0.2) is 0 Å². The zero-order valence-corrected chi connectivity index (χ0v) is 13.1. The standard InChI is InChI=1S/C17H17Cl2NO/c18-15-9-3-1-6-13(15)8-5-11-20-17(21)12-14-7-2-4-10-16(14)19/h1-4,6-7,9-10H,5,8,11-12H2,(H,20,21). The van der Waals surface area contributed by atoms with Crippen LogP contribution in [-0.2, 0) is 17.6 Å². The predicted octanol–water partition coefficient (Wildman–Crippen LogP) is 4.28. The number of halogens is 2. The van der Waals surface area contributed by atoms with Gasteiger partial charge in [-0.15, -0.1) is 0 Å². The van der Waals surface area contributed by atoms with E-state index in [0.29, 0.717) is 18.0 Å². The molecule has 1 amide bonds. The van der Waals surface area contributed by atoms with Crippen molar-refractivity contribution in [1.29, 1.82) is 0 Å². The lowest BCUT2D eigenvalue weighted by Gasteiger charge is -2.07. The van der Waals surface area contributed by atoms with Gasteiger partial charge in [0.1, 0.15) is 0 Å². The van der Waals surface area contributed by atoms with E-state index in [-0.39, 0.29) is 5.91 Å². The Labute approximate surface area is 135 Å². The van der Waals surface area contributed by atoms with E-state index in [1.54, 1.807) is 6.07 Å².